The monoisotopic (exact) mass is 300 g/mol. The minimum Gasteiger partial charge on any atom is -0.469 e. The van der Waals surface area contributed by atoms with Gasteiger partial charge in [0.15, 0.2) is 0 Å². The fourth-order valence-electron chi connectivity index (χ4n) is 2.73. The molecule has 2 rings (SSSR count). The van der Waals surface area contributed by atoms with Crippen LogP contribution in [0.4, 0.5) is 0 Å². The number of esters is 1. The average molecular weight is 300 g/mol. The smallest absolute Gasteiger partial charge is 0.310 e. The summed E-state index contributed by atoms with van der Waals surface area (Å²) in [6.45, 7) is 3.64. The number of carbonyl (C=O) groups is 1. The van der Waals surface area contributed by atoms with Crippen LogP contribution in [0.25, 0.3) is 0 Å². The highest BCUT2D eigenvalue weighted by Crippen LogP contribution is 2.32. The van der Waals surface area contributed by atoms with Gasteiger partial charge in [-0.3, -0.25) is 9.47 Å². The lowest BCUT2D eigenvalue weighted by Crippen LogP contribution is -2.39. The molecule has 0 spiro atoms. The summed E-state index contributed by atoms with van der Waals surface area (Å²) in [5.41, 5.74) is 1.61. The van der Waals surface area contributed by atoms with Gasteiger partial charge >= 0.3 is 5.97 Å². The third-order valence-electron chi connectivity index (χ3n) is 3.84. The third-order valence-corrected chi connectivity index (χ3v) is 5.64. The maximum Gasteiger partial charge on any atom is 0.310 e. The fraction of sp³-hybridized carbons (Fsp3) is 0.615. The van der Waals surface area contributed by atoms with E-state index in [0.717, 1.165) is 17.8 Å². The Hall–Kier alpha value is -1.50. The van der Waals surface area contributed by atoms with Crippen molar-refractivity contribution in [2.24, 2.45) is 5.92 Å². The number of sulfonamides is 1. The van der Waals surface area contributed by atoms with Crippen LogP contribution in [0, 0.1) is 19.8 Å². The summed E-state index contributed by atoms with van der Waals surface area (Å²) in [6.07, 6.45) is 1.76. The number of rotatable bonds is 4. The highest BCUT2D eigenvalue weighted by molar-refractivity contribution is 7.93. The van der Waals surface area contributed by atoms with Gasteiger partial charge in [-0.05, 0) is 38.8 Å². The molecule has 1 aromatic heterocycles. The lowest BCUT2D eigenvalue weighted by Gasteiger charge is -2.21. The van der Waals surface area contributed by atoms with Crippen LogP contribution in [0.2, 0.25) is 0 Å². The molecule has 1 aliphatic rings. The van der Waals surface area contributed by atoms with Crippen molar-refractivity contribution in [2.45, 2.75) is 38.4 Å². The van der Waals surface area contributed by atoms with Crippen LogP contribution in [-0.2, 0) is 19.6 Å². The van der Waals surface area contributed by atoms with E-state index in [4.69, 9.17) is 4.74 Å². The van der Waals surface area contributed by atoms with E-state index in [1.54, 1.807) is 0 Å². The van der Waals surface area contributed by atoms with E-state index in [2.05, 4.69) is 4.83 Å². The fourth-order valence-corrected chi connectivity index (χ4v) is 4.56. The first-order valence-corrected chi connectivity index (χ1v) is 8.16. The van der Waals surface area contributed by atoms with Gasteiger partial charge < -0.3 is 4.74 Å². The molecular formula is C13H20N2O4S. The topological polar surface area (TPSA) is 77.4 Å². The van der Waals surface area contributed by atoms with Gasteiger partial charge in [0.1, 0.15) is 0 Å². The van der Waals surface area contributed by atoms with Crippen LogP contribution in [0.5, 0.6) is 0 Å². The molecule has 2 atom stereocenters. The molecule has 2 unspecified atom stereocenters. The second-order valence-electron chi connectivity index (χ2n) is 5.19. The van der Waals surface area contributed by atoms with Gasteiger partial charge in [-0.25, -0.2) is 13.2 Å². The number of nitrogens with zero attached hydrogens (tertiary/aromatic N) is 1. The van der Waals surface area contributed by atoms with Gasteiger partial charge in [-0.15, -0.1) is 0 Å². The van der Waals surface area contributed by atoms with E-state index in [9.17, 15) is 13.2 Å². The van der Waals surface area contributed by atoms with Crippen molar-refractivity contribution in [2.75, 3.05) is 11.9 Å². The Morgan fingerprint density at radius 1 is 1.30 bits per heavy atom. The van der Waals surface area contributed by atoms with Crippen LogP contribution >= 0.6 is 0 Å². The second-order valence-corrected chi connectivity index (χ2v) is 7.06. The van der Waals surface area contributed by atoms with Crippen molar-refractivity contribution in [3.63, 3.8) is 0 Å². The minimum atomic E-state index is -3.62. The summed E-state index contributed by atoms with van der Waals surface area (Å²) in [6, 6.07) is 3.68. The van der Waals surface area contributed by atoms with Gasteiger partial charge in [0.05, 0.1) is 18.3 Å². The molecule has 112 valence electrons. The molecule has 1 saturated carbocycles. The zero-order valence-corrected chi connectivity index (χ0v) is 12.7. The van der Waals surface area contributed by atoms with Crippen molar-refractivity contribution >= 4 is 16.0 Å². The number of methoxy groups -OCH3 is 1. The van der Waals surface area contributed by atoms with Crippen LogP contribution in [-0.4, -0.2) is 31.4 Å². The Morgan fingerprint density at radius 2 is 1.90 bits per heavy atom. The number of hydrogen-bond donors (Lipinski definition) is 1. The molecule has 0 aliphatic heterocycles. The summed E-state index contributed by atoms with van der Waals surface area (Å²) < 4.78 is 31.2. The molecule has 0 saturated heterocycles. The van der Waals surface area contributed by atoms with E-state index in [1.807, 2.05) is 26.0 Å². The molecule has 0 amide bonds. The maximum absolute atomic E-state index is 12.5. The quantitative estimate of drug-likeness (QED) is 0.851. The normalized spacial score (nSPS) is 22.8. The van der Waals surface area contributed by atoms with Crippen LogP contribution in [0.15, 0.2) is 12.1 Å². The molecule has 0 radical (unpaired) electrons. The molecule has 20 heavy (non-hydrogen) atoms. The summed E-state index contributed by atoms with van der Waals surface area (Å²) in [5, 5.41) is -0.726. The number of carbonyl (C=O) groups excluding carboxylic acids is 1. The van der Waals surface area contributed by atoms with Crippen molar-refractivity contribution < 1.29 is 17.9 Å². The average Bonchev–Trinajstić information content (AvgIpc) is 3.00. The summed E-state index contributed by atoms with van der Waals surface area (Å²) in [5.74, 6) is -1.02. The first kappa shape index (κ1) is 14.9. The largest absolute Gasteiger partial charge is 0.469 e. The van der Waals surface area contributed by atoms with Crippen molar-refractivity contribution in [3.05, 3.63) is 23.5 Å². The Balaban J connectivity index is 2.24. The molecule has 1 N–H and O–H groups in total. The molecule has 0 aromatic carbocycles. The first-order valence-electron chi connectivity index (χ1n) is 6.61. The molecule has 1 fully saturated rings. The van der Waals surface area contributed by atoms with Crippen LogP contribution < -0.4 is 4.83 Å². The second kappa shape index (κ2) is 5.47. The zero-order chi connectivity index (χ0) is 14.9. The van der Waals surface area contributed by atoms with Gasteiger partial charge in [0.25, 0.3) is 0 Å². The highest BCUT2D eigenvalue weighted by Gasteiger charge is 2.42. The van der Waals surface area contributed by atoms with E-state index in [-0.39, 0.29) is 0 Å². The predicted molar refractivity (Wildman–Crippen MR) is 75.3 cm³/mol. The summed E-state index contributed by atoms with van der Waals surface area (Å²) in [7, 11) is -2.33. The number of ether oxygens (including phenoxy) is 1. The molecular weight excluding hydrogens is 280 g/mol. The molecule has 1 heterocycles. The number of hydrogen-bond acceptors (Lipinski definition) is 4. The maximum atomic E-state index is 12.5. The Labute approximate surface area is 119 Å². The molecule has 0 bridgehead atoms. The Kier molecular flexibility index (Phi) is 4.08. The standard InChI is InChI=1S/C13H20N2O4S/c1-9-7-8-10(2)15(9)14-20(17,18)12-6-4-5-11(12)13(16)19-3/h7-8,11-12,14H,4-6H2,1-3H3. The molecule has 1 aliphatic carbocycles. The van der Waals surface area contributed by atoms with Gasteiger partial charge in [0, 0.05) is 11.4 Å². The molecule has 6 nitrogen and oxygen atoms in total. The van der Waals surface area contributed by atoms with E-state index in [0.29, 0.717) is 12.8 Å². The number of nitrogens with one attached hydrogen (secondary N) is 1. The van der Waals surface area contributed by atoms with Gasteiger partial charge in [0.2, 0.25) is 10.0 Å². The van der Waals surface area contributed by atoms with Gasteiger partial charge in [-0.1, -0.05) is 6.42 Å². The Morgan fingerprint density at radius 3 is 2.45 bits per heavy atom. The van der Waals surface area contributed by atoms with Crippen LogP contribution in [0.3, 0.4) is 0 Å². The third kappa shape index (κ3) is 2.67. The van der Waals surface area contributed by atoms with E-state index in [1.165, 1.54) is 11.8 Å². The highest BCUT2D eigenvalue weighted by atomic mass is 32.2. The summed E-state index contributed by atoms with van der Waals surface area (Å²) in [4.78, 5) is 14.3. The predicted octanol–water partition coefficient (Wildman–Crippen LogP) is 1.32. The molecule has 1 aromatic rings. The van der Waals surface area contributed by atoms with Gasteiger partial charge in [-0.2, -0.15) is 0 Å². The SMILES string of the molecule is COC(=O)C1CCCC1S(=O)(=O)Nn1c(C)ccc1C. The molecule has 7 heteroatoms. The van der Waals surface area contributed by atoms with E-state index < -0.39 is 27.2 Å². The minimum absolute atomic E-state index is 0.446. The van der Waals surface area contributed by atoms with E-state index >= 15 is 0 Å². The zero-order valence-electron chi connectivity index (χ0n) is 11.9. The lowest BCUT2D eigenvalue weighted by atomic mass is 10.1. The first-order chi connectivity index (χ1) is 9.36. The Bertz CT molecular complexity index is 586. The van der Waals surface area contributed by atoms with Crippen molar-refractivity contribution in [3.8, 4) is 0 Å². The summed E-state index contributed by atoms with van der Waals surface area (Å²) >= 11 is 0. The van der Waals surface area contributed by atoms with Crippen molar-refractivity contribution in [1.82, 2.24) is 4.68 Å². The lowest BCUT2D eigenvalue weighted by molar-refractivity contribution is -0.145. The number of aryl methyl sites for hydroxylation is 2. The van der Waals surface area contributed by atoms with Crippen LogP contribution in [0.1, 0.15) is 30.7 Å². The number of aromatic nitrogens is 1. The van der Waals surface area contributed by atoms with Crippen molar-refractivity contribution in [1.29, 1.82) is 0 Å².